The monoisotopic (exact) mass is 362 g/mol. The van der Waals surface area contributed by atoms with Crippen LogP contribution in [0.15, 0.2) is 48.0 Å². The Kier molecular flexibility index (Phi) is 2.98. The first-order valence-electron chi connectivity index (χ1n) is 9.09. The van der Waals surface area contributed by atoms with Crippen LogP contribution in [0, 0.1) is 0 Å². The molecule has 2 unspecified atom stereocenters. The molecule has 0 saturated carbocycles. The molecule has 3 aromatic rings. The lowest BCUT2D eigenvalue weighted by Gasteiger charge is -2.34. The van der Waals surface area contributed by atoms with Crippen molar-refractivity contribution >= 4 is 11.7 Å². The minimum absolute atomic E-state index is 0.170. The van der Waals surface area contributed by atoms with Crippen molar-refractivity contribution < 1.29 is 4.74 Å². The number of hydrazine groups is 1. The Morgan fingerprint density at radius 3 is 3.04 bits per heavy atom. The van der Waals surface area contributed by atoms with Gasteiger partial charge in [0.15, 0.2) is 18.3 Å². The molecule has 0 spiro atoms. The second-order valence-electron chi connectivity index (χ2n) is 6.98. The van der Waals surface area contributed by atoms with Crippen molar-refractivity contribution in [3.05, 3.63) is 54.2 Å². The Hall–Kier alpha value is -3.20. The van der Waals surface area contributed by atoms with Gasteiger partial charge in [0.05, 0.1) is 29.9 Å². The predicted molar refractivity (Wildman–Crippen MR) is 98.5 cm³/mol. The summed E-state index contributed by atoms with van der Waals surface area (Å²) in [7, 11) is 0. The van der Waals surface area contributed by atoms with Crippen LogP contribution >= 0.6 is 0 Å². The number of hydrogen-bond acceptors (Lipinski definition) is 7. The lowest BCUT2D eigenvalue weighted by Crippen LogP contribution is -2.51. The van der Waals surface area contributed by atoms with Crippen LogP contribution in [-0.2, 0) is 4.74 Å². The van der Waals surface area contributed by atoms with Gasteiger partial charge in [-0.2, -0.15) is 10.1 Å². The van der Waals surface area contributed by atoms with Gasteiger partial charge in [0.25, 0.3) is 0 Å². The third-order valence-corrected chi connectivity index (χ3v) is 5.51. The fraction of sp³-hybridized carbons (Fsp3) is 0.333. The molecule has 3 aliphatic heterocycles. The second kappa shape index (κ2) is 5.40. The third kappa shape index (κ3) is 2.02. The molecule has 3 aliphatic rings. The molecular weight excluding hydrogens is 344 g/mol. The molecule has 5 heterocycles. The van der Waals surface area contributed by atoms with Gasteiger partial charge in [-0.05, 0) is 30.7 Å². The first-order valence-corrected chi connectivity index (χ1v) is 9.09. The van der Waals surface area contributed by atoms with Crippen molar-refractivity contribution in [3.8, 4) is 5.69 Å². The van der Waals surface area contributed by atoms with E-state index in [0.29, 0.717) is 6.67 Å². The number of ether oxygens (including phenoxy) is 1. The molecule has 0 bridgehead atoms. The zero-order chi connectivity index (χ0) is 18.0. The van der Waals surface area contributed by atoms with E-state index < -0.39 is 0 Å². The average Bonchev–Trinajstić information content (AvgIpc) is 3.46. The predicted octanol–water partition coefficient (Wildman–Crippen LogP) is 1.45. The number of aliphatic imine (C=N–C) groups is 1. The maximum atomic E-state index is 5.68. The number of fused-ring (bicyclic) bond motifs is 6. The van der Waals surface area contributed by atoms with Crippen molar-refractivity contribution in [1.82, 2.24) is 24.7 Å². The molecule has 136 valence electrons. The van der Waals surface area contributed by atoms with Gasteiger partial charge in [-0.25, -0.2) is 9.98 Å². The highest BCUT2D eigenvalue weighted by atomic mass is 16.5. The van der Waals surface area contributed by atoms with Crippen molar-refractivity contribution in [2.45, 2.75) is 25.4 Å². The fourth-order valence-corrected chi connectivity index (χ4v) is 4.13. The quantitative estimate of drug-likeness (QED) is 0.687. The van der Waals surface area contributed by atoms with Gasteiger partial charge in [0.2, 0.25) is 0 Å². The van der Waals surface area contributed by atoms with Gasteiger partial charge in [-0.3, -0.25) is 4.57 Å². The Balaban J connectivity index is 1.40. The maximum Gasteiger partial charge on any atom is 0.162 e. The minimum atomic E-state index is 0.170. The van der Waals surface area contributed by atoms with Crippen LogP contribution in [0.25, 0.3) is 5.69 Å². The smallest absolute Gasteiger partial charge is 0.162 e. The van der Waals surface area contributed by atoms with Crippen molar-refractivity contribution in [2.24, 2.45) is 4.99 Å². The molecular formula is C18H18N8O. The second-order valence-corrected chi connectivity index (χ2v) is 6.98. The zero-order valence-electron chi connectivity index (χ0n) is 14.8. The fourth-order valence-electron chi connectivity index (χ4n) is 4.13. The number of benzene rings is 1. The lowest BCUT2D eigenvalue weighted by atomic mass is 10.00. The number of imidazole rings is 1. The third-order valence-electron chi connectivity index (χ3n) is 5.51. The Morgan fingerprint density at radius 1 is 1.22 bits per heavy atom. The molecule has 0 aliphatic carbocycles. The first kappa shape index (κ1) is 14.9. The van der Waals surface area contributed by atoms with Gasteiger partial charge in [0.1, 0.15) is 6.33 Å². The van der Waals surface area contributed by atoms with Crippen LogP contribution in [-0.4, -0.2) is 49.9 Å². The Bertz CT molecular complexity index is 1050. The minimum Gasteiger partial charge on any atom is -0.378 e. The van der Waals surface area contributed by atoms with E-state index in [4.69, 9.17) is 9.73 Å². The van der Waals surface area contributed by atoms with Crippen LogP contribution in [0.5, 0.6) is 0 Å². The first-order chi connectivity index (χ1) is 13.3. The van der Waals surface area contributed by atoms with Gasteiger partial charge in [-0.15, -0.1) is 9.89 Å². The summed E-state index contributed by atoms with van der Waals surface area (Å²) in [5.74, 6) is 2.11. The van der Waals surface area contributed by atoms with E-state index in [0.717, 1.165) is 41.6 Å². The van der Waals surface area contributed by atoms with Gasteiger partial charge in [-0.1, -0.05) is 12.1 Å². The van der Waals surface area contributed by atoms with E-state index in [-0.39, 0.29) is 12.0 Å². The Morgan fingerprint density at radius 2 is 2.15 bits per heavy atom. The summed E-state index contributed by atoms with van der Waals surface area (Å²) in [4.78, 5) is 10.9. The van der Waals surface area contributed by atoms with Crippen LogP contribution in [0.4, 0.5) is 5.82 Å². The van der Waals surface area contributed by atoms with E-state index in [2.05, 4.69) is 38.9 Å². The summed E-state index contributed by atoms with van der Waals surface area (Å²) < 4.78 is 7.75. The van der Waals surface area contributed by atoms with E-state index >= 15 is 0 Å². The molecule has 2 atom stereocenters. The topological polar surface area (TPSA) is 76.6 Å². The molecule has 1 saturated heterocycles. The van der Waals surface area contributed by atoms with E-state index in [1.165, 1.54) is 0 Å². The zero-order valence-corrected chi connectivity index (χ0v) is 14.8. The molecule has 6 rings (SSSR count). The number of hydrogen-bond donors (Lipinski definition) is 0. The summed E-state index contributed by atoms with van der Waals surface area (Å²) >= 11 is 0. The normalized spacial score (nSPS) is 23.2. The van der Waals surface area contributed by atoms with Gasteiger partial charge >= 0.3 is 0 Å². The number of amidine groups is 1. The average molecular weight is 362 g/mol. The number of aromatic nitrogens is 5. The molecule has 9 nitrogen and oxygen atoms in total. The lowest BCUT2D eigenvalue weighted by molar-refractivity contribution is 0.118. The highest BCUT2D eigenvalue weighted by Crippen LogP contribution is 2.34. The molecule has 1 fully saturated rings. The highest BCUT2D eigenvalue weighted by Gasteiger charge is 2.37. The molecule has 9 heteroatoms. The van der Waals surface area contributed by atoms with Crippen molar-refractivity contribution in [3.63, 3.8) is 0 Å². The summed E-state index contributed by atoms with van der Waals surface area (Å²) in [5.41, 5.74) is 3.11. The molecule has 0 radical (unpaired) electrons. The van der Waals surface area contributed by atoms with E-state index in [1.54, 1.807) is 4.79 Å². The standard InChI is InChI=1S/C18H18N8O/c1-12-13(6-7-27-12)15-9-24(22-21-15)25-11-20-18-14-4-2-3-5-16(14)23-10-19-8-17(23)26(18)25/h2-5,8-10,12-13H,6-7,11H2,1H3. The number of para-hydroxylation sites is 1. The molecule has 27 heavy (non-hydrogen) atoms. The molecule has 0 amide bonds. The summed E-state index contributed by atoms with van der Waals surface area (Å²) in [6.45, 7) is 3.33. The maximum absolute atomic E-state index is 5.68. The van der Waals surface area contributed by atoms with Crippen LogP contribution in [0.3, 0.4) is 0 Å². The van der Waals surface area contributed by atoms with E-state index in [1.807, 2.05) is 41.0 Å². The van der Waals surface area contributed by atoms with Crippen LogP contribution in [0.1, 0.15) is 30.5 Å². The summed E-state index contributed by atoms with van der Waals surface area (Å²) in [5, 5.41) is 12.8. The van der Waals surface area contributed by atoms with Crippen molar-refractivity contribution in [2.75, 3.05) is 23.4 Å². The SMILES string of the molecule is CC1OCCC1c1cn(N2CN=C3c4ccccc4-n4cncc4N32)nn1. The summed E-state index contributed by atoms with van der Waals surface area (Å²) in [6.07, 6.45) is 6.80. The van der Waals surface area contributed by atoms with Gasteiger partial charge in [0, 0.05) is 18.1 Å². The largest absolute Gasteiger partial charge is 0.378 e. The molecule has 0 N–H and O–H groups in total. The van der Waals surface area contributed by atoms with Crippen LogP contribution < -0.4 is 10.1 Å². The summed E-state index contributed by atoms with van der Waals surface area (Å²) in [6, 6.07) is 8.22. The molecule has 2 aromatic heterocycles. The molecule has 1 aromatic carbocycles. The highest BCUT2D eigenvalue weighted by molar-refractivity contribution is 6.15. The Labute approximate surface area is 155 Å². The number of rotatable bonds is 2. The van der Waals surface area contributed by atoms with Crippen LogP contribution in [0.2, 0.25) is 0 Å². The number of anilines is 1. The number of nitrogens with zero attached hydrogens (tertiary/aromatic N) is 8. The van der Waals surface area contributed by atoms with Crippen molar-refractivity contribution in [1.29, 1.82) is 0 Å². The van der Waals surface area contributed by atoms with E-state index in [9.17, 15) is 0 Å². The van der Waals surface area contributed by atoms with Gasteiger partial charge < -0.3 is 4.74 Å².